The third-order valence-corrected chi connectivity index (χ3v) is 3.95. The average molecular weight is 312 g/mol. The summed E-state index contributed by atoms with van der Waals surface area (Å²) in [5.41, 5.74) is 1.70. The number of hydrogen-bond acceptors (Lipinski definition) is 5. The number of hydrogen-bond donors (Lipinski definition) is 2. The van der Waals surface area contributed by atoms with E-state index in [1.165, 1.54) is 18.3 Å². The molecule has 6 nitrogen and oxygen atoms in total. The Morgan fingerprint density at radius 2 is 1.86 bits per heavy atom. The number of rotatable bonds is 4. The highest BCUT2D eigenvalue weighted by molar-refractivity contribution is 7.13. The molecule has 1 aromatic carbocycles. The van der Waals surface area contributed by atoms with Gasteiger partial charge in [0.2, 0.25) is 0 Å². The summed E-state index contributed by atoms with van der Waals surface area (Å²) in [6.45, 7) is 1.50. The van der Waals surface area contributed by atoms with Crippen LogP contribution in [0.25, 0.3) is 10.6 Å². The zero-order valence-corrected chi connectivity index (χ0v) is 12.5. The number of Topliss-reactive ketones (excluding diaryl/α,β-unsaturated/α-hetero) is 1. The van der Waals surface area contributed by atoms with Crippen molar-refractivity contribution in [1.29, 1.82) is 0 Å². The van der Waals surface area contributed by atoms with Crippen LogP contribution in [0.15, 0.2) is 56.8 Å². The molecule has 110 valence electrons. The largest absolute Gasteiger partial charge is 0.295 e. The summed E-state index contributed by atoms with van der Waals surface area (Å²) < 4.78 is 0. The first kappa shape index (κ1) is 14.2. The molecule has 0 amide bonds. The minimum Gasteiger partial charge on any atom is -0.295 e. The summed E-state index contributed by atoms with van der Waals surface area (Å²) in [5.74, 6) is -0.00875. The maximum Gasteiger partial charge on any atom is 0.292 e. The van der Waals surface area contributed by atoms with Crippen LogP contribution in [0, 0.1) is 0 Å². The van der Waals surface area contributed by atoms with E-state index in [9.17, 15) is 9.59 Å². The van der Waals surface area contributed by atoms with Gasteiger partial charge in [0.25, 0.3) is 5.56 Å². The molecule has 0 aliphatic carbocycles. The molecule has 2 aromatic heterocycles. The second-order valence-corrected chi connectivity index (χ2v) is 5.53. The SMILES string of the molecule is CC(=O)c1ccc(N=Nc2c(-c3cccs3)[nH][nH]c2=O)cc1. The Kier molecular flexibility index (Phi) is 3.80. The third kappa shape index (κ3) is 2.79. The monoisotopic (exact) mass is 312 g/mol. The standard InChI is InChI=1S/C15H12N4O2S/c1-9(20)10-4-6-11(7-5-10)16-18-14-13(17-19-15(14)21)12-3-2-8-22-12/h2-8H,1H3,(H2,17,19,21). The molecule has 0 atom stereocenters. The zero-order chi connectivity index (χ0) is 15.5. The Morgan fingerprint density at radius 3 is 2.50 bits per heavy atom. The van der Waals surface area contributed by atoms with E-state index in [0.717, 1.165) is 4.88 Å². The molecule has 3 aromatic rings. The molecule has 0 saturated carbocycles. The van der Waals surface area contributed by atoms with Gasteiger partial charge in [-0.25, -0.2) is 0 Å². The number of nitrogens with one attached hydrogen (secondary N) is 2. The van der Waals surface area contributed by atoms with Crippen molar-refractivity contribution < 1.29 is 4.79 Å². The summed E-state index contributed by atoms with van der Waals surface area (Å²) in [6, 6.07) is 10.5. The average Bonchev–Trinajstić information content (AvgIpc) is 3.15. The van der Waals surface area contributed by atoms with Crippen molar-refractivity contribution in [2.75, 3.05) is 0 Å². The van der Waals surface area contributed by atoms with Gasteiger partial charge in [-0.1, -0.05) is 6.07 Å². The Bertz CT molecular complexity index is 873. The molecule has 0 aliphatic heterocycles. The molecule has 3 rings (SSSR count). The van der Waals surface area contributed by atoms with E-state index in [1.807, 2.05) is 17.5 Å². The van der Waals surface area contributed by atoms with E-state index >= 15 is 0 Å². The summed E-state index contributed by atoms with van der Waals surface area (Å²) in [6.07, 6.45) is 0. The van der Waals surface area contributed by atoms with Crippen LogP contribution in [0.1, 0.15) is 17.3 Å². The predicted octanol–water partition coefficient (Wildman–Crippen LogP) is 4.05. The van der Waals surface area contributed by atoms with Crippen molar-refractivity contribution in [2.24, 2.45) is 10.2 Å². The zero-order valence-electron chi connectivity index (χ0n) is 11.7. The quantitative estimate of drug-likeness (QED) is 0.562. The number of H-pyrrole nitrogens is 2. The number of aromatic nitrogens is 2. The van der Waals surface area contributed by atoms with E-state index in [2.05, 4.69) is 20.4 Å². The number of carbonyl (C=O) groups excluding carboxylic acids is 1. The van der Waals surface area contributed by atoms with Crippen LogP contribution >= 0.6 is 11.3 Å². The van der Waals surface area contributed by atoms with Crippen LogP contribution in [0.3, 0.4) is 0 Å². The fourth-order valence-corrected chi connectivity index (χ4v) is 2.64. The van der Waals surface area contributed by atoms with Gasteiger partial charge >= 0.3 is 0 Å². The van der Waals surface area contributed by atoms with Crippen molar-refractivity contribution in [1.82, 2.24) is 10.2 Å². The lowest BCUT2D eigenvalue weighted by Gasteiger charge is -1.96. The van der Waals surface area contributed by atoms with Crippen LogP contribution in [0.2, 0.25) is 0 Å². The van der Waals surface area contributed by atoms with Gasteiger partial charge < -0.3 is 0 Å². The second kappa shape index (κ2) is 5.90. The Balaban J connectivity index is 1.91. The summed E-state index contributed by atoms with van der Waals surface area (Å²) >= 11 is 1.50. The van der Waals surface area contributed by atoms with Gasteiger partial charge in [0.15, 0.2) is 11.5 Å². The third-order valence-electron chi connectivity index (χ3n) is 3.06. The van der Waals surface area contributed by atoms with Gasteiger partial charge in [-0.15, -0.1) is 16.5 Å². The highest BCUT2D eigenvalue weighted by Crippen LogP contribution is 2.29. The molecule has 0 radical (unpaired) electrons. The number of ketones is 1. The number of benzene rings is 1. The molecule has 7 heteroatoms. The molecule has 22 heavy (non-hydrogen) atoms. The highest BCUT2D eigenvalue weighted by atomic mass is 32.1. The van der Waals surface area contributed by atoms with Crippen LogP contribution in [-0.4, -0.2) is 16.0 Å². The Hall–Kier alpha value is -2.80. The number of carbonyl (C=O) groups is 1. The Morgan fingerprint density at radius 1 is 1.09 bits per heavy atom. The molecule has 0 aliphatic rings. The summed E-state index contributed by atoms with van der Waals surface area (Å²) in [5, 5.41) is 15.3. The van der Waals surface area contributed by atoms with Crippen LogP contribution in [-0.2, 0) is 0 Å². The molecule has 2 heterocycles. The van der Waals surface area contributed by atoms with E-state index in [0.29, 0.717) is 16.9 Å². The lowest BCUT2D eigenvalue weighted by atomic mass is 10.1. The van der Waals surface area contributed by atoms with Crippen LogP contribution in [0.4, 0.5) is 11.4 Å². The van der Waals surface area contributed by atoms with E-state index in [4.69, 9.17) is 0 Å². The van der Waals surface area contributed by atoms with Crippen molar-refractivity contribution in [3.63, 3.8) is 0 Å². The summed E-state index contributed by atoms with van der Waals surface area (Å²) in [4.78, 5) is 23.9. The lowest BCUT2D eigenvalue weighted by Crippen LogP contribution is -1.96. The molecule has 0 unspecified atom stereocenters. The van der Waals surface area contributed by atoms with Crippen LogP contribution in [0.5, 0.6) is 0 Å². The minimum absolute atomic E-state index is 0.00875. The van der Waals surface area contributed by atoms with Crippen molar-refractivity contribution >= 4 is 28.5 Å². The number of nitrogens with zero attached hydrogens (tertiary/aromatic N) is 2. The first-order valence-electron chi connectivity index (χ1n) is 6.52. The molecule has 2 N–H and O–H groups in total. The lowest BCUT2D eigenvalue weighted by molar-refractivity contribution is 0.101. The van der Waals surface area contributed by atoms with Gasteiger partial charge in [0.05, 0.1) is 10.6 Å². The first-order chi connectivity index (χ1) is 10.6. The van der Waals surface area contributed by atoms with E-state index < -0.39 is 0 Å². The molecular formula is C15H12N4O2S. The first-order valence-corrected chi connectivity index (χ1v) is 7.40. The minimum atomic E-state index is -0.326. The molecule has 0 bridgehead atoms. The number of thiophene rings is 1. The maximum absolute atomic E-state index is 11.8. The van der Waals surface area contributed by atoms with E-state index in [1.54, 1.807) is 24.3 Å². The molecular weight excluding hydrogens is 300 g/mol. The Labute approximate surface area is 129 Å². The fourth-order valence-electron chi connectivity index (χ4n) is 1.92. The fraction of sp³-hybridized carbons (Fsp3) is 0.0667. The number of azo groups is 1. The summed E-state index contributed by atoms with van der Waals surface area (Å²) in [7, 11) is 0. The van der Waals surface area contributed by atoms with Gasteiger partial charge in [0.1, 0.15) is 5.69 Å². The molecule has 0 fully saturated rings. The number of aromatic amines is 2. The predicted molar refractivity (Wildman–Crippen MR) is 85.3 cm³/mol. The highest BCUT2D eigenvalue weighted by Gasteiger charge is 2.12. The maximum atomic E-state index is 11.8. The van der Waals surface area contributed by atoms with Crippen molar-refractivity contribution in [3.8, 4) is 10.6 Å². The van der Waals surface area contributed by atoms with Gasteiger partial charge in [0, 0.05) is 5.56 Å². The van der Waals surface area contributed by atoms with Gasteiger partial charge in [-0.3, -0.25) is 19.8 Å². The van der Waals surface area contributed by atoms with E-state index in [-0.39, 0.29) is 17.0 Å². The topological polar surface area (TPSA) is 90.4 Å². The second-order valence-electron chi connectivity index (χ2n) is 4.58. The normalized spacial score (nSPS) is 11.1. The molecule has 0 spiro atoms. The smallest absolute Gasteiger partial charge is 0.292 e. The van der Waals surface area contributed by atoms with Gasteiger partial charge in [-0.2, -0.15) is 5.11 Å². The van der Waals surface area contributed by atoms with Crippen molar-refractivity contribution in [2.45, 2.75) is 6.92 Å². The molecule has 0 saturated heterocycles. The van der Waals surface area contributed by atoms with Crippen LogP contribution < -0.4 is 5.56 Å². The van der Waals surface area contributed by atoms with Crippen molar-refractivity contribution in [3.05, 3.63) is 57.7 Å². The van der Waals surface area contributed by atoms with Gasteiger partial charge in [-0.05, 0) is 42.6 Å².